The number of ether oxygens (including phenoxy) is 1. The molecule has 1 aromatic carbocycles. The van der Waals surface area contributed by atoms with Crippen LogP contribution in [0.5, 0.6) is 0 Å². The first-order valence-corrected chi connectivity index (χ1v) is 4.60. The third-order valence-corrected chi connectivity index (χ3v) is 2.12. The van der Waals surface area contributed by atoms with Crippen LogP contribution < -0.4 is 5.73 Å². The van der Waals surface area contributed by atoms with Gasteiger partial charge >= 0.3 is 0 Å². The Kier molecular flexibility index (Phi) is 3.93. The largest absolute Gasteiger partial charge is 0.373 e. The van der Waals surface area contributed by atoms with E-state index in [1.165, 1.54) is 11.1 Å². The molecular formula is C11H17NO. The van der Waals surface area contributed by atoms with Crippen LogP contribution in [0.4, 0.5) is 0 Å². The molecule has 0 aliphatic carbocycles. The predicted molar refractivity (Wildman–Crippen MR) is 54.5 cm³/mol. The Hall–Kier alpha value is -0.860. The summed E-state index contributed by atoms with van der Waals surface area (Å²) in [5, 5.41) is 0. The van der Waals surface area contributed by atoms with E-state index in [0.717, 1.165) is 0 Å². The lowest BCUT2D eigenvalue weighted by Gasteiger charge is -2.11. The average Bonchev–Trinajstić information content (AvgIpc) is 2.16. The first-order valence-electron chi connectivity index (χ1n) is 4.60. The Bertz CT molecular complexity index is 260. The highest BCUT2D eigenvalue weighted by Gasteiger charge is 2.00. The fourth-order valence-corrected chi connectivity index (χ4v) is 1.07. The van der Waals surface area contributed by atoms with Crippen molar-refractivity contribution in [3.05, 3.63) is 35.4 Å². The molecular weight excluding hydrogens is 162 g/mol. The van der Waals surface area contributed by atoms with Crippen LogP contribution in [0.15, 0.2) is 24.3 Å². The lowest BCUT2D eigenvalue weighted by atomic mass is 10.1. The van der Waals surface area contributed by atoms with Gasteiger partial charge in [0.2, 0.25) is 0 Å². The van der Waals surface area contributed by atoms with Crippen LogP contribution in [0.3, 0.4) is 0 Å². The summed E-state index contributed by atoms with van der Waals surface area (Å²) in [6.45, 7) is 5.31. The van der Waals surface area contributed by atoms with E-state index >= 15 is 0 Å². The Morgan fingerprint density at radius 2 is 2.08 bits per heavy atom. The lowest BCUT2D eigenvalue weighted by molar-refractivity contribution is 0.0587. The van der Waals surface area contributed by atoms with E-state index in [1.807, 2.05) is 19.1 Å². The molecule has 1 aromatic rings. The van der Waals surface area contributed by atoms with E-state index in [2.05, 4.69) is 19.1 Å². The third-order valence-electron chi connectivity index (χ3n) is 2.12. The number of nitrogens with two attached hydrogens (primary N) is 1. The van der Waals surface area contributed by atoms with Crippen LogP contribution in [0.2, 0.25) is 0 Å². The van der Waals surface area contributed by atoms with Crippen LogP contribution in [-0.4, -0.2) is 12.6 Å². The van der Waals surface area contributed by atoms with Crippen LogP contribution in [-0.2, 0) is 11.3 Å². The number of hydrogen-bond donors (Lipinski definition) is 1. The zero-order chi connectivity index (χ0) is 9.68. The standard InChI is InChI=1S/C11H17NO/c1-9-5-3-4-6-11(9)8-13-10(2)7-12/h3-6,10H,7-8,12H2,1-2H3/t10-/m1/s1. The van der Waals surface area contributed by atoms with E-state index < -0.39 is 0 Å². The van der Waals surface area contributed by atoms with E-state index in [0.29, 0.717) is 13.2 Å². The fourth-order valence-electron chi connectivity index (χ4n) is 1.07. The van der Waals surface area contributed by atoms with Crippen LogP contribution in [0.25, 0.3) is 0 Å². The molecule has 0 aliphatic rings. The highest BCUT2D eigenvalue weighted by molar-refractivity contribution is 5.24. The maximum absolute atomic E-state index is 5.53. The van der Waals surface area contributed by atoms with Gasteiger partial charge in [-0.05, 0) is 25.0 Å². The molecule has 13 heavy (non-hydrogen) atoms. The van der Waals surface area contributed by atoms with Gasteiger partial charge in [-0.2, -0.15) is 0 Å². The van der Waals surface area contributed by atoms with E-state index in [9.17, 15) is 0 Å². The van der Waals surface area contributed by atoms with Crippen molar-refractivity contribution in [2.75, 3.05) is 6.54 Å². The molecule has 0 amide bonds. The topological polar surface area (TPSA) is 35.2 Å². The smallest absolute Gasteiger partial charge is 0.0723 e. The minimum absolute atomic E-state index is 0.139. The molecule has 0 saturated carbocycles. The number of hydrogen-bond acceptors (Lipinski definition) is 2. The highest BCUT2D eigenvalue weighted by atomic mass is 16.5. The van der Waals surface area contributed by atoms with Gasteiger partial charge in [0, 0.05) is 6.54 Å². The van der Waals surface area contributed by atoms with E-state index in [4.69, 9.17) is 10.5 Å². The van der Waals surface area contributed by atoms with Crippen molar-refractivity contribution in [1.29, 1.82) is 0 Å². The molecule has 1 rings (SSSR count). The third kappa shape index (κ3) is 3.17. The molecule has 0 spiro atoms. The first-order chi connectivity index (χ1) is 6.24. The highest BCUT2D eigenvalue weighted by Crippen LogP contribution is 2.08. The zero-order valence-electron chi connectivity index (χ0n) is 8.29. The van der Waals surface area contributed by atoms with Crippen molar-refractivity contribution in [1.82, 2.24) is 0 Å². The van der Waals surface area contributed by atoms with Crippen molar-refractivity contribution >= 4 is 0 Å². The number of benzene rings is 1. The summed E-state index contributed by atoms with van der Waals surface area (Å²) < 4.78 is 5.53. The number of rotatable bonds is 4. The lowest BCUT2D eigenvalue weighted by Crippen LogP contribution is -2.19. The number of aryl methyl sites for hydroxylation is 1. The molecule has 0 heterocycles. The van der Waals surface area contributed by atoms with Crippen LogP contribution >= 0.6 is 0 Å². The molecule has 0 unspecified atom stereocenters. The minimum atomic E-state index is 0.139. The summed E-state index contributed by atoms with van der Waals surface area (Å²) >= 11 is 0. The zero-order valence-corrected chi connectivity index (χ0v) is 8.29. The molecule has 0 aromatic heterocycles. The van der Waals surface area contributed by atoms with Gasteiger partial charge in [-0.3, -0.25) is 0 Å². The Labute approximate surface area is 79.7 Å². The van der Waals surface area contributed by atoms with Crippen molar-refractivity contribution in [3.63, 3.8) is 0 Å². The van der Waals surface area contributed by atoms with E-state index in [-0.39, 0.29) is 6.10 Å². The van der Waals surface area contributed by atoms with Gasteiger partial charge in [-0.15, -0.1) is 0 Å². The summed E-state index contributed by atoms with van der Waals surface area (Å²) in [6.07, 6.45) is 0.139. The summed E-state index contributed by atoms with van der Waals surface area (Å²) in [4.78, 5) is 0. The predicted octanol–water partition coefficient (Wildman–Crippen LogP) is 1.86. The summed E-state index contributed by atoms with van der Waals surface area (Å²) in [5.41, 5.74) is 7.96. The van der Waals surface area contributed by atoms with Gasteiger partial charge in [0.05, 0.1) is 12.7 Å². The average molecular weight is 179 g/mol. The summed E-state index contributed by atoms with van der Waals surface area (Å²) in [5.74, 6) is 0. The second-order valence-corrected chi connectivity index (χ2v) is 3.28. The van der Waals surface area contributed by atoms with Crippen LogP contribution in [0, 0.1) is 6.92 Å². The molecule has 2 heteroatoms. The molecule has 0 aliphatic heterocycles. The monoisotopic (exact) mass is 179 g/mol. The molecule has 72 valence electrons. The molecule has 2 N–H and O–H groups in total. The van der Waals surface area contributed by atoms with E-state index in [1.54, 1.807) is 0 Å². The van der Waals surface area contributed by atoms with Gasteiger partial charge in [-0.1, -0.05) is 24.3 Å². The molecule has 2 nitrogen and oxygen atoms in total. The normalized spacial score (nSPS) is 12.8. The van der Waals surface area contributed by atoms with Crippen molar-refractivity contribution in [3.8, 4) is 0 Å². The molecule has 0 fully saturated rings. The summed E-state index contributed by atoms with van der Waals surface area (Å²) in [7, 11) is 0. The van der Waals surface area contributed by atoms with Crippen LogP contribution in [0.1, 0.15) is 18.1 Å². The maximum atomic E-state index is 5.53. The van der Waals surface area contributed by atoms with Gasteiger partial charge in [0.15, 0.2) is 0 Å². The Morgan fingerprint density at radius 3 is 2.69 bits per heavy atom. The minimum Gasteiger partial charge on any atom is -0.373 e. The van der Waals surface area contributed by atoms with Gasteiger partial charge in [0.25, 0.3) is 0 Å². The molecule has 0 radical (unpaired) electrons. The second-order valence-electron chi connectivity index (χ2n) is 3.28. The Morgan fingerprint density at radius 1 is 1.38 bits per heavy atom. The summed E-state index contributed by atoms with van der Waals surface area (Å²) in [6, 6.07) is 8.23. The maximum Gasteiger partial charge on any atom is 0.0723 e. The van der Waals surface area contributed by atoms with Gasteiger partial charge in [-0.25, -0.2) is 0 Å². The molecule has 0 bridgehead atoms. The van der Waals surface area contributed by atoms with Crippen molar-refractivity contribution in [2.24, 2.45) is 5.73 Å². The second kappa shape index (κ2) is 5.00. The molecule has 1 atom stereocenters. The van der Waals surface area contributed by atoms with Gasteiger partial charge < -0.3 is 10.5 Å². The Balaban J connectivity index is 2.50. The first kappa shape index (κ1) is 10.2. The molecule has 0 saturated heterocycles. The quantitative estimate of drug-likeness (QED) is 0.765. The SMILES string of the molecule is Cc1ccccc1CO[C@H](C)CN. The van der Waals surface area contributed by atoms with Crippen molar-refractivity contribution < 1.29 is 4.74 Å². The van der Waals surface area contributed by atoms with Crippen molar-refractivity contribution in [2.45, 2.75) is 26.6 Å². The fraction of sp³-hybridized carbons (Fsp3) is 0.455. The van der Waals surface area contributed by atoms with Gasteiger partial charge in [0.1, 0.15) is 0 Å².